The van der Waals surface area contributed by atoms with Crippen LogP contribution in [-0.2, 0) is 13.1 Å². The molecule has 5 rings (SSSR count). The monoisotopic (exact) mass is 360 g/mol. The van der Waals surface area contributed by atoms with E-state index in [0.717, 1.165) is 39.3 Å². The first-order valence-electron chi connectivity index (χ1n) is 10.2. The summed E-state index contributed by atoms with van der Waals surface area (Å²) < 4.78 is 0. The molecule has 3 heterocycles. The Morgan fingerprint density at radius 3 is 1.41 bits per heavy atom. The zero-order valence-corrected chi connectivity index (χ0v) is 15.9. The van der Waals surface area contributed by atoms with Crippen LogP contribution in [-0.4, -0.2) is 58.9 Å². The zero-order chi connectivity index (χ0) is 18.1. The number of fused-ring (bicyclic) bond motifs is 2. The predicted molar refractivity (Wildman–Crippen MR) is 108 cm³/mol. The summed E-state index contributed by atoms with van der Waals surface area (Å²) >= 11 is 0. The van der Waals surface area contributed by atoms with Gasteiger partial charge in [-0.3, -0.25) is 0 Å². The summed E-state index contributed by atoms with van der Waals surface area (Å²) in [6.07, 6.45) is 1.26. The smallest absolute Gasteiger partial charge is 0.146 e. The van der Waals surface area contributed by atoms with Crippen molar-refractivity contribution < 1.29 is 0 Å². The molecule has 0 atom stereocenters. The lowest BCUT2D eigenvalue weighted by molar-refractivity contribution is 0.278. The summed E-state index contributed by atoms with van der Waals surface area (Å²) in [4.78, 5) is 10.5. The Labute approximate surface area is 162 Å². The Morgan fingerprint density at radius 2 is 0.963 bits per heavy atom. The average Bonchev–Trinajstić information content (AvgIpc) is 3.22. The van der Waals surface area contributed by atoms with Crippen molar-refractivity contribution in [3.63, 3.8) is 0 Å². The molecule has 27 heavy (non-hydrogen) atoms. The Hall–Kier alpha value is -2.62. The van der Waals surface area contributed by atoms with Crippen molar-refractivity contribution in [2.24, 2.45) is 0 Å². The normalized spacial score (nSPS) is 19.4. The summed E-state index contributed by atoms with van der Waals surface area (Å²) in [5, 5.41) is 0. The Kier molecular flexibility index (Phi) is 4.40. The molecule has 0 radical (unpaired) electrons. The topological polar surface area (TPSA) is 13.0 Å². The van der Waals surface area contributed by atoms with Crippen LogP contribution in [0.5, 0.6) is 0 Å². The minimum absolute atomic E-state index is 1.00. The van der Waals surface area contributed by atoms with Crippen molar-refractivity contribution in [3.8, 4) is 0 Å². The van der Waals surface area contributed by atoms with E-state index in [2.05, 4.69) is 80.3 Å². The second-order valence-electron chi connectivity index (χ2n) is 7.79. The van der Waals surface area contributed by atoms with Gasteiger partial charge >= 0.3 is 0 Å². The molecule has 2 fully saturated rings. The van der Waals surface area contributed by atoms with Crippen LogP contribution in [0.3, 0.4) is 0 Å². The van der Waals surface area contributed by atoms with Crippen LogP contribution in [0.25, 0.3) is 0 Å². The van der Waals surface area contributed by atoms with Gasteiger partial charge < -0.3 is 19.6 Å². The van der Waals surface area contributed by atoms with E-state index in [9.17, 15) is 0 Å². The number of hydrogen-bond donors (Lipinski definition) is 0. The third-order valence-corrected chi connectivity index (χ3v) is 5.97. The summed E-state index contributed by atoms with van der Waals surface area (Å²) in [5.74, 6) is 2.93. The van der Waals surface area contributed by atoms with Crippen LogP contribution in [0.2, 0.25) is 0 Å². The highest BCUT2D eigenvalue weighted by molar-refractivity contribution is 5.24. The van der Waals surface area contributed by atoms with Crippen molar-refractivity contribution in [1.82, 2.24) is 19.6 Å². The highest BCUT2D eigenvalue weighted by atomic mass is 15.5. The predicted octanol–water partition coefficient (Wildman–Crippen LogP) is 3.15. The fourth-order valence-corrected chi connectivity index (χ4v) is 4.68. The first kappa shape index (κ1) is 16.5. The molecule has 2 aromatic carbocycles. The minimum Gasteiger partial charge on any atom is -0.353 e. The Morgan fingerprint density at radius 1 is 0.519 bits per heavy atom. The molecular weight excluding hydrogens is 332 g/mol. The molecule has 0 aromatic heterocycles. The largest absolute Gasteiger partial charge is 0.353 e. The average molecular weight is 361 g/mol. The summed E-state index contributed by atoms with van der Waals surface area (Å²) in [5.41, 5.74) is 2.80. The summed E-state index contributed by atoms with van der Waals surface area (Å²) in [7, 11) is 0. The zero-order valence-electron chi connectivity index (χ0n) is 15.9. The van der Waals surface area contributed by atoms with E-state index in [4.69, 9.17) is 0 Å². The molecule has 3 aliphatic heterocycles. The quantitative estimate of drug-likeness (QED) is 0.830. The number of rotatable bonds is 4. The van der Waals surface area contributed by atoms with Gasteiger partial charge in [-0.1, -0.05) is 60.7 Å². The van der Waals surface area contributed by atoms with Crippen LogP contribution in [0.15, 0.2) is 72.3 Å². The highest BCUT2D eigenvalue weighted by Crippen LogP contribution is 2.34. The lowest BCUT2D eigenvalue weighted by Gasteiger charge is -2.31. The van der Waals surface area contributed by atoms with Crippen LogP contribution >= 0.6 is 0 Å². The van der Waals surface area contributed by atoms with Crippen molar-refractivity contribution in [2.75, 3.05) is 39.3 Å². The van der Waals surface area contributed by atoms with E-state index in [1.807, 2.05) is 0 Å². The highest BCUT2D eigenvalue weighted by Gasteiger charge is 2.37. The van der Waals surface area contributed by atoms with Crippen molar-refractivity contribution in [3.05, 3.63) is 83.4 Å². The van der Waals surface area contributed by atoms with E-state index >= 15 is 0 Å². The molecule has 3 aliphatic rings. The van der Waals surface area contributed by atoms with E-state index in [1.165, 1.54) is 42.3 Å². The third-order valence-electron chi connectivity index (χ3n) is 5.97. The lowest BCUT2D eigenvalue weighted by Crippen LogP contribution is -2.31. The van der Waals surface area contributed by atoms with Crippen LogP contribution in [0.4, 0.5) is 0 Å². The van der Waals surface area contributed by atoms with Gasteiger partial charge in [0.2, 0.25) is 0 Å². The van der Waals surface area contributed by atoms with E-state index in [0.29, 0.717) is 0 Å². The van der Waals surface area contributed by atoms with Crippen LogP contribution in [0.1, 0.15) is 17.5 Å². The van der Waals surface area contributed by atoms with Gasteiger partial charge in [-0.25, -0.2) is 0 Å². The van der Waals surface area contributed by atoms with Crippen LogP contribution in [0, 0.1) is 0 Å². The van der Waals surface area contributed by atoms with E-state index in [-0.39, 0.29) is 0 Å². The van der Waals surface area contributed by atoms with E-state index < -0.39 is 0 Å². The van der Waals surface area contributed by atoms with Gasteiger partial charge in [0.05, 0.1) is 0 Å². The van der Waals surface area contributed by atoms with Gasteiger partial charge in [0.25, 0.3) is 0 Å². The maximum absolute atomic E-state index is 2.63. The van der Waals surface area contributed by atoms with E-state index in [1.54, 1.807) is 0 Å². The summed E-state index contributed by atoms with van der Waals surface area (Å²) in [6, 6.07) is 21.8. The third kappa shape index (κ3) is 3.25. The standard InChI is InChI=1S/C23H28N4/c1-3-8-20(9-4-1)18-26-16-14-24-12-7-13-25-15-17-27(23(25)22(24)26)19-21-10-5-2-6-11-21/h1-6,8-11H,7,12-19H2. The molecule has 2 saturated heterocycles. The maximum Gasteiger partial charge on any atom is 0.146 e. The van der Waals surface area contributed by atoms with Gasteiger partial charge in [-0.15, -0.1) is 0 Å². The van der Waals surface area contributed by atoms with Crippen molar-refractivity contribution >= 4 is 0 Å². The SMILES string of the molecule is c1ccc(CN2CCN3CCCN4CCN(Cc5ccccc5)C4=C32)cc1. The van der Waals surface area contributed by atoms with Gasteiger partial charge in [-0.05, 0) is 17.5 Å². The fraction of sp³-hybridized carbons (Fsp3) is 0.391. The maximum atomic E-state index is 2.63. The molecule has 0 N–H and O–H groups in total. The molecule has 140 valence electrons. The molecular formula is C23H28N4. The Balaban J connectivity index is 1.48. The second kappa shape index (κ2) is 7.18. The second-order valence-corrected chi connectivity index (χ2v) is 7.79. The molecule has 2 aromatic rings. The molecule has 0 unspecified atom stereocenters. The minimum atomic E-state index is 1.00. The first-order valence-corrected chi connectivity index (χ1v) is 10.2. The van der Waals surface area contributed by atoms with Gasteiger partial charge in [0.1, 0.15) is 11.6 Å². The molecule has 4 nitrogen and oxygen atoms in total. The molecule has 0 bridgehead atoms. The van der Waals surface area contributed by atoms with Gasteiger partial charge in [0, 0.05) is 52.4 Å². The van der Waals surface area contributed by atoms with Crippen LogP contribution < -0.4 is 0 Å². The number of nitrogens with zero attached hydrogens (tertiary/aromatic N) is 4. The molecule has 0 saturated carbocycles. The van der Waals surface area contributed by atoms with Crippen molar-refractivity contribution in [1.29, 1.82) is 0 Å². The molecule has 0 aliphatic carbocycles. The van der Waals surface area contributed by atoms with Gasteiger partial charge in [-0.2, -0.15) is 0 Å². The number of hydrogen-bond acceptors (Lipinski definition) is 4. The Bertz CT molecular complexity index is 734. The molecule has 0 spiro atoms. The van der Waals surface area contributed by atoms with Crippen molar-refractivity contribution in [2.45, 2.75) is 19.5 Å². The fourth-order valence-electron chi connectivity index (χ4n) is 4.68. The summed E-state index contributed by atoms with van der Waals surface area (Å²) in [6.45, 7) is 8.92. The lowest BCUT2D eigenvalue weighted by atomic mass is 10.2. The number of benzene rings is 2. The first-order chi connectivity index (χ1) is 13.4. The van der Waals surface area contributed by atoms with Gasteiger partial charge in [0.15, 0.2) is 0 Å². The molecule has 4 heteroatoms. The molecule has 0 amide bonds.